The zero-order valence-corrected chi connectivity index (χ0v) is 19.1. The molecule has 32 heavy (non-hydrogen) atoms. The van der Waals surface area contributed by atoms with Gasteiger partial charge in [-0.1, -0.05) is 12.1 Å². The van der Waals surface area contributed by atoms with Crippen LogP contribution in [0.3, 0.4) is 0 Å². The molecule has 1 aromatic heterocycles. The molecule has 0 aliphatic carbocycles. The number of aromatic nitrogens is 1. The maximum Gasteiger partial charge on any atom is 0.246 e. The fraction of sp³-hybridized carbons (Fsp3) is 0.375. The summed E-state index contributed by atoms with van der Waals surface area (Å²) in [5, 5.41) is 2.81. The molecule has 0 fully saturated rings. The van der Waals surface area contributed by atoms with Crippen molar-refractivity contribution in [2.45, 2.75) is 26.9 Å². The average Bonchev–Trinajstić information content (AvgIpc) is 2.90. The number of nitrogens with one attached hydrogen (secondary N) is 1. The van der Waals surface area contributed by atoms with E-state index >= 15 is 0 Å². The van der Waals surface area contributed by atoms with Gasteiger partial charge in [-0.15, -0.1) is 0 Å². The van der Waals surface area contributed by atoms with E-state index in [4.69, 9.17) is 9.47 Å². The number of benzene rings is 1. The molecule has 1 aliphatic heterocycles. The molecular formula is C24H30N4O4. The summed E-state index contributed by atoms with van der Waals surface area (Å²) in [6.45, 7) is 6.20. The van der Waals surface area contributed by atoms with Crippen molar-refractivity contribution < 1.29 is 19.1 Å². The van der Waals surface area contributed by atoms with Gasteiger partial charge in [0.15, 0.2) is 11.5 Å². The Bertz CT molecular complexity index is 1010. The Kier molecular flexibility index (Phi) is 7.83. The molecule has 2 aromatic rings. The summed E-state index contributed by atoms with van der Waals surface area (Å²) in [6, 6.07) is 7.63. The molecule has 8 nitrogen and oxygen atoms in total. The highest BCUT2D eigenvalue weighted by Gasteiger charge is 2.18. The lowest BCUT2D eigenvalue weighted by Crippen LogP contribution is -2.26. The maximum atomic E-state index is 12.7. The zero-order valence-electron chi connectivity index (χ0n) is 19.1. The number of rotatable bonds is 8. The monoisotopic (exact) mass is 438 g/mol. The summed E-state index contributed by atoms with van der Waals surface area (Å²) < 4.78 is 11.5. The van der Waals surface area contributed by atoms with E-state index in [-0.39, 0.29) is 11.8 Å². The summed E-state index contributed by atoms with van der Waals surface area (Å²) in [4.78, 5) is 32.4. The third-order valence-corrected chi connectivity index (χ3v) is 4.95. The second-order valence-electron chi connectivity index (χ2n) is 7.63. The molecule has 0 saturated heterocycles. The molecule has 170 valence electrons. The van der Waals surface area contributed by atoms with Crippen molar-refractivity contribution in [3.8, 4) is 11.5 Å². The van der Waals surface area contributed by atoms with Crippen LogP contribution in [0.5, 0.6) is 11.5 Å². The van der Waals surface area contributed by atoms with Crippen LogP contribution in [0.15, 0.2) is 36.5 Å². The lowest BCUT2D eigenvalue weighted by atomic mass is 10.1. The van der Waals surface area contributed by atoms with Crippen LogP contribution in [0.1, 0.15) is 30.5 Å². The molecule has 0 spiro atoms. The van der Waals surface area contributed by atoms with Gasteiger partial charge in [0, 0.05) is 43.5 Å². The van der Waals surface area contributed by atoms with Crippen molar-refractivity contribution in [3.63, 3.8) is 0 Å². The molecule has 0 bridgehead atoms. The molecule has 1 aromatic carbocycles. The Hall–Kier alpha value is -3.39. The maximum absolute atomic E-state index is 12.7. The van der Waals surface area contributed by atoms with E-state index in [9.17, 15) is 9.59 Å². The first-order valence-corrected chi connectivity index (χ1v) is 10.7. The van der Waals surface area contributed by atoms with Crippen LogP contribution in [-0.2, 0) is 22.7 Å². The molecule has 0 unspecified atom stereocenters. The first-order valence-electron chi connectivity index (χ1n) is 10.7. The quantitative estimate of drug-likeness (QED) is 0.638. The third-order valence-electron chi connectivity index (χ3n) is 4.95. The van der Waals surface area contributed by atoms with Crippen LogP contribution < -0.4 is 14.8 Å². The standard InChI is InChI=1S/C24H30N4O4/c1-5-31-20-9-7-8-18(23(20)32-6-2)15-28(4)22(30)11-10-17-12-19-14-27(3)16-21(29)26-24(19)25-13-17/h7-13H,5-6,14-16H2,1-4H3,(H,25,26,29). The number of hydrogen-bond acceptors (Lipinski definition) is 6. The Morgan fingerprint density at radius 2 is 2.03 bits per heavy atom. The number of anilines is 1. The van der Waals surface area contributed by atoms with E-state index in [0.717, 1.165) is 16.7 Å². The van der Waals surface area contributed by atoms with E-state index in [1.54, 1.807) is 24.2 Å². The number of pyridine rings is 1. The van der Waals surface area contributed by atoms with Gasteiger partial charge in [-0.2, -0.15) is 0 Å². The highest BCUT2D eigenvalue weighted by molar-refractivity contribution is 5.93. The summed E-state index contributed by atoms with van der Waals surface area (Å²) in [6.07, 6.45) is 4.90. The summed E-state index contributed by atoms with van der Waals surface area (Å²) in [7, 11) is 3.63. The van der Waals surface area contributed by atoms with Crippen LogP contribution in [0.25, 0.3) is 6.08 Å². The van der Waals surface area contributed by atoms with E-state index in [0.29, 0.717) is 50.2 Å². The number of likely N-dealkylation sites (N-methyl/N-ethyl adjacent to an activating group) is 2. The minimum atomic E-state index is -0.144. The topological polar surface area (TPSA) is 84.0 Å². The highest BCUT2D eigenvalue weighted by Crippen LogP contribution is 2.32. The van der Waals surface area contributed by atoms with Gasteiger partial charge < -0.3 is 19.7 Å². The van der Waals surface area contributed by atoms with Crippen molar-refractivity contribution in [2.24, 2.45) is 0 Å². The van der Waals surface area contributed by atoms with Gasteiger partial charge in [0.05, 0.1) is 19.8 Å². The number of hydrogen-bond donors (Lipinski definition) is 1. The zero-order chi connectivity index (χ0) is 23.1. The molecule has 8 heteroatoms. The average molecular weight is 439 g/mol. The first-order chi connectivity index (χ1) is 15.4. The van der Waals surface area contributed by atoms with Crippen LogP contribution >= 0.6 is 0 Å². The number of carbonyl (C=O) groups is 2. The second kappa shape index (κ2) is 10.8. The van der Waals surface area contributed by atoms with Gasteiger partial charge in [-0.3, -0.25) is 14.5 Å². The van der Waals surface area contributed by atoms with Gasteiger partial charge in [0.2, 0.25) is 11.8 Å². The van der Waals surface area contributed by atoms with Crippen molar-refractivity contribution in [1.82, 2.24) is 14.8 Å². The van der Waals surface area contributed by atoms with Gasteiger partial charge >= 0.3 is 0 Å². The van der Waals surface area contributed by atoms with Crippen molar-refractivity contribution in [3.05, 3.63) is 53.2 Å². The Balaban J connectivity index is 1.71. The van der Waals surface area contributed by atoms with Crippen LogP contribution in [0.2, 0.25) is 0 Å². The van der Waals surface area contributed by atoms with Crippen LogP contribution in [-0.4, -0.2) is 60.5 Å². The van der Waals surface area contributed by atoms with Crippen LogP contribution in [0, 0.1) is 0 Å². The normalized spacial score (nSPS) is 13.9. The van der Waals surface area contributed by atoms with Gasteiger partial charge in [-0.05, 0) is 44.7 Å². The van der Waals surface area contributed by atoms with Gasteiger partial charge in [0.1, 0.15) is 5.82 Å². The minimum absolute atomic E-state index is 0.0846. The third kappa shape index (κ3) is 5.85. The molecule has 2 heterocycles. The SMILES string of the molecule is CCOc1cccc(CN(C)C(=O)C=Cc2cnc3c(c2)CN(C)CC(=O)N3)c1OCC. The lowest BCUT2D eigenvalue weighted by Gasteiger charge is -2.19. The molecule has 1 N–H and O–H groups in total. The number of amides is 2. The van der Waals surface area contributed by atoms with Gasteiger partial charge in [-0.25, -0.2) is 4.98 Å². The predicted molar refractivity (Wildman–Crippen MR) is 123 cm³/mol. The summed E-state index contributed by atoms with van der Waals surface area (Å²) in [5.74, 6) is 1.68. The van der Waals surface area contributed by atoms with E-state index in [2.05, 4.69) is 10.3 Å². The molecule has 3 rings (SSSR count). The van der Waals surface area contributed by atoms with Crippen molar-refractivity contribution in [2.75, 3.05) is 39.2 Å². The number of fused-ring (bicyclic) bond motifs is 1. The molecule has 0 atom stereocenters. The number of para-hydroxylation sites is 1. The fourth-order valence-corrected chi connectivity index (χ4v) is 3.51. The second-order valence-corrected chi connectivity index (χ2v) is 7.63. The minimum Gasteiger partial charge on any atom is -0.490 e. The number of carbonyl (C=O) groups excluding carboxylic acids is 2. The summed E-state index contributed by atoms with van der Waals surface area (Å²) in [5.41, 5.74) is 2.59. The van der Waals surface area contributed by atoms with E-state index < -0.39 is 0 Å². The first kappa shape index (κ1) is 23.3. The molecule has 2 amide bonds. The Morgan fingerprint density at radius 1 is 1.25 bits per heavy atom. The predicted octanol–water partition coefficient (Wildman–Crippen LogP) is 2.93. The smallest absolute Gasteiger partial charge is 0.246 e. The molecule has 0 saturated carbocycles. The fourth-order valence-electron chi connectivity index (χ4n) is 3.51. The molecular weight excluding hydrogens is 408 g/mol. The Morgan fingerprint density at radius 3 is 2.78 bits per heavy atom. The Labute approximate surface area is 188 Å². The largest absolute Gasteiger partial charge is 0.490 e. The van der Waals surface area contributed by atoms with Crippen molar-refractivity contribution >= 4 is 23.7 Å². The van der Waals surface area contributed by atoms with E-state index in [1.165, 1.54) is 6.08 Å². The highest BCUT2D eigenvalue weighted by atomic mass is 16.5. The van der Waals surface area contributed by atoms with Crippen molar-refractivity contribution in [1.29, 1.82) is 0 Å². The molecule has 1 aliphatic rings. The van der Waals surface area contributed by atoms with Gasteiger partial charge in [0.25, 0.3) is 0 Å². The molecule has 0 radical (unpaired) electrons. The van der Waals surface area contributed by atoms with Crippen LogP contribution in [0.4, 0.5) is 5.82 Å². The van der Waals surface area contributed by atoms with E-state index in [1.807, 2.05) is 50.1 Å². The number of ether oxygens (including phenoxy) is 2. The number of nitrogens with zero attached hydrogens (tertiary/aromatic N) is 3. The lowest BCUT2D eigenvalue weighted by molar-refractivity contribution is -0.125. The summed E-state index contributed by atoms with van der Waals surface area (Å²) >= 11 is 0.